The zero-order chi connectivity index (χ0) is 9.52. The summed E-state index contributed by atoms with van der Waals surface area (Å²) in [4.78, 5) is 1.09. The van der Waals surface area contributed by atoms with Gasteiger partial charge in [0.25, 0.3) is 0 Å². The second-order valence-electron chi connectivity index (χ2n) is 2.46. The number of hydrogen-bond acceptors (Lipinski definition) is 2. The van der Waals surface area contributed by atoms with Gasteiger partial charge in [-0.1, -0.05) is 24.1 Å². The van der Waals surface area contributed by atoms with E-state index in [2.05, 4.69) is 5.92 Å². The van der Waals surface area contributed by atoms with E-state index in [1.165, 1.54) is 0 Å². The number of rotatable bonds is 4. The first kappa shape index (κ1) is 10.0. The largest absolute Gasteiger partial charge is 0.356 e. The van der Waals surface area contributed by atoms with Crippen LogP contribution in [0.5, 0.6) is 0 Å². The molecule has 1 aromatic rings. The van der Waals surface area contributed by atoms with Gasteiger partial charge in [0, 0.05) is 4.88 Å². The summed E-state index contributed by atoms with van der Waals surface area (Å²) in [6.45, 7) is 2.53. The molecule has 0 aromatic carbocycles. The summed E-state index contributed by atoms with van der Waals surface area (Å²) in [5, 5.41) is 2.00. The summed E-state index contributed by atoms with van der Waals surface area (Å²) in [6.07, 6.45) is 9.04. The topological polar surface area (TPSA) is 9.23 Å². The van der Waals surface area contributed by atoms with Gasteiger partial charge in [0.1, 0.15) is 0 Å². The average Bonchev–Trinajstić information content (AvgIpc) is 2.65. The Morgan fingerprint density at radius 2 is 2.62 bits per heavy atom. The van der Waals surface area contributed by atoms with Gasteiger partial charge in [0.2, 0.25) is 0 Å². The lowest BCUT2D eigenvalue weighted by Crippen LogP contribution is -1.99. The smallest absolute Gasteiger partial charge is 0.152 e. The van der Waals surface area contributed by atoms with Gasteiger partial charge >= 0.3 is 0 Å². The molecular formula is C11H12OS. The molecule has 0 amide bonds. The second kappa shape index (κ2) is 5.58. The van der Waals surface area contributed by atoms with Gasteiger partial charge in [-0.15, -0.1) is 17.8 Å². The highest BCUT2D eigenvalue weighted by atomic mass is 32.1. The van der Waals surface area contributed by atoms with Crippen LogP contribution in [-0.4, -0.2) is 6.61 Å². The number of allylic oxidation sites excluding steroid dienone is 1. The maximum absolute atomic E-state index is 5.46. The fourth-order valence-corrected chi connectivity index (χ4v) is 1.63. The van der Waals surface area contributed by atoms with E-state index < -0.39 is 0 Å². The van der Waals surface area contributed by atoms with Gasteiger partial charge < -0.3 is 4.74 Å². The van der Waals surface area contributed by atoms with Gasteiger partial charge in [0.05, 0.1) is 6.61 Å². The summed E-state index contributed by atoms with van der Waals surface area (Å²) in [5.41, 5.74) is 0. The molecule has 1 rings (SSSR count). The number of hydrogen-bond donors (Lipinski definition) is 0. The summed E-state index contributed by atoms with van der Waals surface area (Å²) in [6, 6.07) is 3.97. The molecule has 0 spiro atoms. The number of thiophene rings is 1. The molecule has 1 aromatic heterocycles. The van der Waals surface area contributed by atoms with Crippen LogP contribution in [0.25, 0.3) is 0 Å². The average molecular weight is 192 g/mol. The van der Waals surface area contributed by atoms with Crippen molar-refractivity contribution in [3.05, 3.63) is 34.5 Å². The second-order valence-corrected chi connectivity index (χ2v) is 3.44. The predicted octanol–water partition coefficient (Wildman–Crippen LogP) is 3.02. The standard InChI is InChI=1S/C11H12OS/c1-3-5-8-12-10(4-2)11-7-6-9-13-11/h2-3,5-7,9-10H,8H2,1H3/b5-3+. The summed E-state index contributed by atoms with van der Waals surface area (Å²) < 4.78 is 5.46. The van der Waals surface area contributed by atoms with Gasteiger partial charge in [-0.05, 0) is 18.4 Å². The van der Waals surface area contributed by atoms with Crippen LogP contribution < -0.4 is 0 Å². The minimum atomic E-state index is -0.198. The van der Waals surface area contributed by atoms with Crippen molar-refractivity contribution in [3.8, 4) is 12.3 Å². The highest BCUT2D eigenvalue weighted by molar-refractivity contribution is 7.10. The third-order valence-corrected chi connectivity index (χ3v) is 2.46. The molecule has 1 unspecified atom stereocenters. The molecule has 0 N–H and O–H groups in total. The zero-order valence-electron chi connectivity index (χ0n) is 7.57. The molecule has 0 radical (unpaired) electrons. The molecule has 13 heavy (non-hydrogen) atoms. The van der Waals surface area contributed by atoms with E-state index in [0.29, 0.717) is 6.61 Å². The molecule has 0 saturated carbocycles. The lowest BCUT2D eigenvalue weighted by Gasteiger charge is -2.07. The molecule has 0 bridgehead atoms. The van der Waals surface area contributed by atoms with Gasteiger partial charge in [-0.25, -0.2) is 0 Å². The Bertz CT molecular complexity index is 292. The first-order chi connectivity index (χ1) is 6.38. The third-order valence-electron chi connectivity index (χ3n) is 1.55. The molecule has 0 fully saturated rings. The summed E-state index contributed by atoms with van der Waals surface area (Å²) >= 11 is 1.62. The van der Waals surface area contributed by atoms with Crippen LogP contribution in [0.4, 0.5) is 0 Å². The third kappa shape index (κ3) is 3.06. The Balaban J connectivity index is 2.50. The maximum atomic E-state index is 5.46. The van der Waals surface area contributed by atoms with E-state index in [1.807, 2.05) is 36.6 Å². The molecule has 1 atom stereocenters. The quantitative estimate of drug-likeness (QED) is 0.526. The lowest BCUT2D eigenvalue weighted by atomic mass is 10.3. The van der Waals surface area contributed by atoms with Crippen LogP contribution in [0, 0.1) is 12.3 Å². The summed E-state index contributed by atoms with van der Waals surface area (Å²) in [7, 11) is 0. The van der Waals surface area contributed by atoms with E-state index in [9.17, 15) is 0 Å². The molecule has 0 saturated heterocycles. The van der Waals surface area contributed by atoms with Crippen LogP contribution >= 0.6 is 11.3 Å². The Kier molecular flexibility index (Phi) is 4.31. The minimum Gasteiger partial charge on any atom is -0.356 e. The van der Waals surface area contributed by atoms with Crippen molar-refractivity contribution < 1.29 is 4.74 Å². The monoisotopic (exact) mass is 192 g/mol. The van der Waals surface area contributed by atoms with Crippen molar-refractivity contribution in [3.63, 3.8) is 0 Å². The van der Waals surface area contributed by atoms with Crippen molar-refractivity contribution in [2.45, 2.75) is 13.0 Å². The molecule has 0 aliphatic carbocycles. The van der Waals surface area contributed by atoms with Crippen LogP contribution in [0.1, 0.15) is 17.9 Å². The molecule has 68 valence electrons. The zero-order valence-corrected chi connectivity index (χ0v) is 8.38. The first-order valence-corrected chi connectivity index (χ1v) is 4.98. The van der Waals surface area contributed by atoms with E-state index in [-0.39, 0.29) is 6.10 Å². The molecule has 1 heterocycles. The van der Waals surface area contributed by atoms with E-state index in [1.54, 1.807) is 11.3 Å². The van der Waals surface area contributed by atoms with Crippen molar-refractivity contribution in [1.29, 1.82) is 0 Å². The van der Waals surface area contributed by atoms with Crippen molar-refractivity contribution >= 4 is 11.3 Å². The normalized spacial score (nSPS) is 12.9. The fourth-order valence-electron chi connectivity index (χ4n) is 0.901. The molecule has 1 nitrogen and oxygen atoms in total. The number of ether oxygens (including phenoxy) is 1. The number of terminal acetylenes is 1. The van der Waals surface area contributed by atoms with Crippen LogP contribution in [0.3, 0.4) is 0 Å². The van der Waals surface area contributed by atoms with E-state index in [4.69, 9.17) is 11.2 Å². The van der Waals surface area contributed by atoms with Crippen LogP contribution in [0.15, 0.2) is 29.7 Å². The fraction of sp³-hybridized carbons (Fsp3) is 0.273. The Labute approximate surface area is 83.0 Å². The molecular weight excluding hydrogens is 180 g/mol. The van der Waals surface area contributed by atoms with Crippen LogP contribution in [0.2, 0.25) is 0 Å². The Morgan fingerprint density at radius 1 is 1.77 bits per heavy atom. The Morgan fingerprint density at radius 3 is 3.15 bits per heavy atom. The van der Waals surface area contributed by atoms with Crippen molar-refractivity contribution in [2.24, 2.45) is 0 Å². The Hall–Kier alpha value is -1.04. The van der Waals surface area contributed by atoms with Crippen molar-refractivity contribution in [1.82, 2.24) is 0 Å². The minimum absolute atomic E-state index is 0.198. The van der Waals surface area contributed by atoms with Gasteiger partial charge in [-0.2, -0.15) is 0 Å². The van der Waals surface area contributed by atoms with E-state index >= 15 is 0 Å². The van der Waals surface area contributed by atoms with Gasteiger partial charge in [-0.3, -0.25) is 0 Å². The molecule has 0 aliphatic heterocycles. The SMILES string of the molecule is C#CC(OC/C=C/C)c1cccs1. The van der Waals surface area contributed by atoms with Crippen LogP contribution in [-0.2, 0) is 4.74 Å². The first-order valence-electron chi connectivity index (χ1n) is 4.10. The molecule has 0 aliphatic rings. The van der Waals surface area contributed by atoms with Gasteiger partial charge in [0.15, 0.2) is 6.10 Å². The van der Waals surface area contributed by atoms with E-state index in [0.717, 1.165) is 4.88 Å². The maximum Gasteiger partial charge on any atom is 0.152 e. The van der Waals surface area contributed by atoms with Crippen molar-refractivity contribution in [2.75, 3.05) is 6.61 Å². The lowest BCUT2D eigenvalue weighted by molar-refractivity contribution is 0.119. The molecule has 2 heteroatoms. The highest BCUT2D eigenvalue weighted by Gasteiger charge is 2.07. The summed E-state index contributed by atoms with van der Waals surface area (Å²) in [5.74, 6) is 2.62. The highest BCUT2D eigenvalue weighted by Crippen LogP contribution is 2.21. The predicted molar refractivity (Wildman–Crippen MR) is 56.7 cm³/mol.